The minimum absolute atomic E-state index is 0.0599. The number of amides is 1. The second kappa shape index (κ2) is 7.81. The molecule has 0 heterocycles. The molecule has 0 radical (unpaired) electrons. The maximum atomic E-state index is 11.5. The molecule has 0 spiro atoms. The number of benzene rings is 1. The largest absolute Gasteiger partial charge is 0.383 e. The van der Waals surface area contributed by atoms with Crippen LogP contribution in [-0.2, 0) is 9.53 Å². The summed E-state index contributed by atoms with van der Waals surface area (Å²) in [5.74, 6) is 0.0599. The summed E-state index contributed by atoms with van der Waals surface area (Å²) >= 11 is 0. The molecule has 4 nitrogen and oxygen atoms in total. The number of carbonyl (C=O) groups excluding carboxylic acids is 1. The molecule has 1 N–H and O–H groups in total. The summed E-state index contributed by atoms with van der Waals surface area (Å²) in [6.45, 7) is 4.51. The molecular weight excluding hydrogens is 216 g/mol. The first-order valence-corrected chi connectivity index (χ1v) is 5.78. The maximum absolute atomic E-state index is 11.5. The molecule has 0 aromatic heterocycles. The highest BCUT2D eigenvalue weighted by Gasteiger charge is 2.09. The smallest absolute Gasteiger partial charge is 0.223 e. The second-order valence-corrected chi connectivity index (χ2v) is 3.75. The minimum atomic E-state index is 0.0599. The molecule has 1 amide bonds. The molecule has 0 saturated heterocycles. The van der Waals surface area contributed by atoms with Crippen molar-refractivity contribution >= 4 is 11.6 Å². The van der Waals surface area contributed by atoms with Gasteiger partial charge in [0, 0.05) is 39.4 Å². The van der Waals surface area contributed by atoms with Gasteiger partial charge < -0.3 is 15.0 Å². The molecule has 0 bridgehead atoms. The standard InChI is InChI=1S/C13H20N2O2/c1-12(16)15(10-8-14-9-11-17-2)13-6-4-3-5-7-13/h3-7,14H,8-11H2,1-2H3. The average Bonchev–Trinajstić information content (AvgIpc) is 2.34. The van der Waals surface area contributed by atoms with E-state index < -0.39 is 0 Å². The van der Waals surface area contributed by atoms with Gasteiger partial charge in [0.15, 0.2) is 0 Å². The fourth-order valence-corrected chi connectivity index (χ4v) is 1.57. The van der Waals surface area contributed by atoms with Crippen molar-refractivity contribution < 1.29 is 9.53 Å². The SMILES string of the molecule is COCCNCCN(C(C)=O)c1ccccc1. The Hall–Kier alpha value is -1.39. The summed E-state index contributed by atoms with van der Waals surface area (Å²) in [6.07, 6.45) is 0. The van der Waals surface area contributed by atoms with Crippen LogP contribution in [0.1, 0.15) is 6.92 Å². The number of methoxy groups -OCH3 is 1. The maximum Gasteiger partial charge on any atom is 0.223 e. The third-order valence-electron chi connectivity index (χ3n) is 2.44. The lowest BCUT2D eigenvalue weighted by atomic mass is 10.3. The van der Waals surface area contributed by atoms with E-state index in [0.29, 0.717) is 13.2 Å². The molecule has 17 heavy (non-hydrogen) atoms. The highest BCUT2D eigenvalue weighted by molar-refractivity contribution is 5.91. The number of ether oxygens (including phenoxy) is 1. The Morgan fingerprint density at radius 2 is 2.00 bits per heavy atom. The van der Waals surface area contributed by atoms with Gasteiger partial charge in [-0.3, -0.25) is 4.79 Å². The molecule has 0 fully saturated rings. The van der Waals surface area contributed by atoms with Gasteiger partial charge >= 0.3 is 0 Å². The Kier molecular flexibility index (Phi) is 6.29. The first kappa shape index (κ1) is 13.7. The Labute approximate surface area is 103 Å². The van der Waals surface area contributed by atoms with Crippen molar-refractivity contribution in [1.82, 2.24) is 5.32 Å². The van der Waals surface area contributed by atoms with Gasteiger partial charge in [-0.05, 0) is 12.1 Å². The molecule has 0 aliphatic heterocycles. The number of nitrogens with zero attached hydrogens (tertiary/aromatic N) is 1. The van der Waals surface area contributed by atoms with Crippen LogP contribution in [0.5, 0.6) is 0 Å². The van der Waals surface area contributed by atoms with Crippen LogP contribution in [0.2, 0.25) is 0 Å². The summed E-state index contributed by atoms with van der Waals surface area (Å²) in [7, 11) is 1.67. The van der Waals surface area contributed by atoms with Gasteiger partial charge in [-0.1, -0.05) is 18.2 Å². The fraction of sp³-hybridized carbons (Fsp3) is 0.462. The van der Waals surface area contributed by atoms with Gasteiger partial charge in [0.2, 0.25) is 5.91 Å². The number of hydrogen-bond acceptors (Lipinski definition) is 3. The van der Waals surface area contributed by atoms with Gasteiger partial charge in [0.05, 0.1) is 6.61 Å². The molecule has 1 rings (SSSR count). The Morgan fingerprint density at radius 3 is 2.59 bits per heavy atom. The van der Waals surface area contributed by atoms with Crippen molar-refractivity contribution in [2.75, 3.05) is 38.3 Å². The minimum Gasteiger partial charge on any atom is -0.383 e. The zero-order valence-electron chi connectivity index (χ0n) is 10.5. The lowest BCUT2D eigenvalue weighted by molar-refractivity contribution is -0.116. The van der Waals surface area contributed by atoms with Crippen molar-refractivity contribution in [2.45, 2.75) is 6.92 Å². The molecule has 94 valence electrons. The van der Waals surface area contributed by atoms with E-state index in [-0.39, 0.29) is 5.91 Å². The molecule has 1 aromatic carbocycles. The van der Waals surface area contributed by atoms with Gasteiger partial charge in [-0.25, -0.2) is 0 Å². The van der Waals surface area contributed by atoms with E-state index in [4.69, 9.17) is 4.74 Å². The van der Waals surface area contributed by atoms with Crippen LogP contribution in [0.15, 0.2) is 30.3 Å². The average molecular weight is 236 g/mol. The quantitative estimate of drug-likeness (QED) is 0.725. The van der Waals surface area contributed by atoms with Crippen LogP contribution in [0.4, 0.5) is 5.69 Å². The van der Waals surface area contributed by atoms with E-state index >= 15 is 0 Å². The number of nitrogens with one attached hydrogen (secondary N) is 1. The van der Waals surface area contributed by atoms with E-state index in [1.807, 2.05) is 30.3 Å². The molecule has 0 aliphatic carbocycles. The lowest BCUT2D eigenvalue weighted by Crippen LogP contribution is -2.36. The van der Waals surface area contributed by atoms with E-state index in [2.05, 4.69) is 5.32 Å². The number of hydrogen-bond donors (Lipinski definition) is 1. The number of carbonyl (C=O) groups is 1. The van der Waals surface area contributed by atoms with Gasteiger partial charge in [-0.15, -0.1) is 0 Å². The van der Waals surface area contributed by atoms with Crippen molar-refractivity contribution in [3.8, 4) is 0 Å². The summed E-state index contributed by atoms with van der Waals surface area (Å²) in [6, 6.07) is 9.69. The van der Waals surface area contributed by atoms with Crippen LogP contribution >= 0.6 is 0 Å². The summed E-state index contributed by atoms with van der Waals surface area (Å²) in [5, 5.41) is 3.22. The zero-order chi connectivity index (χ0) is 12.5. The fourth-order valence-electron chi connectivity index (χ4n) is 1.57. The third kappa shape index (κ3) is 4.97. The van der Waals surface area contributed by atoms with E-state index in [0.717, 1.165) is 18.8 Å². The first-order chi connectivity index (χ1) is 8.25. The van der Waals surface area contributed by atoms with Crippen molar-refractivity contribution in [2.24, 2.45) is 0 Å². The van der Waals surface area contributed by atoms with E-state index in [1.165, 1.54) is 0 Å². The molecule has 0 aliphatic rings. The normalized spacial score (nSPS) is 10.2. The highest BCUT2D eigenvalue weighted by Crippen LogP contribution is 2.12. The lowest BCUT2D eigenvalue weighted by Gasteiger charge is -2.21. The van der Waals surface area contributed by atoms with Crippen molar-refractivity contribution in [3.05, 3.63) is 30.3 Å². The molecular formula is C13H20N2O2. The monoisotopic (exact) mass is 236 g/mol. The summed E-state index contributed by atoms with van der Waals surface area (Å²) in [5.41, 5.74) is 0.938. The topological polar surface area (TPSA) is 41.6 Å². The van der Waals surface area contributed by atoms with Crippen LogP contribution in [0, 0.1) is 0 Å². The predicted octanol–water partition coefficient (Wildman–Crippen LogP) is 1.28. The Morgan fingerprint density at radius 1 is 1.29 bits per heavy atom. The predicted molar refractivity (Wildman–Crippen MR) is 69.2 cm³/mol. The van der Waals surface area contributed by atoms with Crippen molar-refractivity contribution in [1.29, 1.82) is 0 Å². The molecule has 0 unspecified atom stereocenters. The van der Waals surface area contributed by atoms with Gasteiger partial charge in [0.1, 0.15) is 0 Å². The second-order valence-electron chi connectivity index (χ2n) is 3.75. The van der Waals surface area contributed by atoms with Crippen LogP contribution < -0.4 is 10.2 Å². The highest BCUT2D eigenvalue weighted by atomic mass is 16.5. The Balaban J connectivity index is 2.42. The van der Waals surface area contributed by atoms with Crippen molar-refractivity contribution in [3.63, 3.8) is 0 Å². The number of anilines is 1. The summed E-state index contributed by atoms with van der Waals surface area (Å²) in [4.78, 5) is 13.3. The van der Waals surface area contributed by atoms with Gasteiger partial charge in [0.25, 0.3) is 0 Å². The molecule has 0 saturated carbocycles. The van der Waals surface area contributed by atoms with Gasteiger partial charge in [-0.2, -0.15) is 0 Å². The van der Waals surface area contributed by atoms with E-state index in [1.54, 1.807) is 18.9 Å². The zero-order valence-corrected chi connectivity index (χ0v) is 10.5. The Bertz CT molecular complexity index is 327. The number of para-hydroxylation sites is 1. The molecule has 0 atom stereocenters. The first-order valence-electron chi connectivity index (χ1n) is 5.78. The molecule has 1 aromatic rings. The van der Waals surface area contributed by atoms with Crippen LogP contribution in [0.3, 0.4) is 0 Å². The van der Waals surface area contributed by atoms with E-state index in [9.17, 15) is 4.79 Å². The summed E-state index contributed by atoms with van der Waals surface area (Å²) < 4.78 is 4.94. The number of rotatable bonds is 7. The van der Waals surface area contributed by atoms with Crippen LogP contribution in [0.25, 0.3) is 0 Å². The molecule has 4 heteroatoms. The third-order valence-corrected chi connectivity index (χ3v) is 2.44. The van der Waals surface area contributed by atoms with Crippen LogP contribution in [-0.4, -0.2) is 39.3 Å².